The van der Waals surface area contributed by atoms with Crippen molar-refractivity contribution in [2.45, 2.75) is 39.0 Å². The average Bonchev–Trinajstić information content (AvgIpc) is 2.19. The van der Waals surface area contributed by atoms with Crippen LogP contribution in [0.3, 0.4) is 0 Å². The van der Waals surface area contributed by atoms with Gasteiger partial charge < -0.3 is 10.4 Å². The smallest absolute Gasteiger partial charge is 0.137 e. The van der Waals surface area contributed by atoms with Gasteiger partial charge in [-0.25, -0.2) is 4.39 Å². The zero-order valence-electron chi connectivity index (χ0n) is 9.50. The maximum absolute atomic E-state index is 13.2. The van der Waals surface area contributed by atoms with Gasteiger partial charge in [0.25, 0.3) is 0 Å². The van der Waals surface area contributed by atoms with Crippen LogP contribution in [-0.2, 0) is 6.54 Å². The second-order valence-electron chi connectivity index (χ2n) is 4.12. The summed E-state index contributed by atoms with van der Waals surface area (Å²) in [5.41, 5.74) is 0.901. The molecular formula is C12H17BrFNO. The number of nitrogens with one attached hydrogen (secondary N) is 1. The molecule has 1 aromatic carbocycles. The second kappa shape index (κ2) is 6.33. The summed E-state index contributed by atoms with van der Waals surface area (Å²) in [5, 5.41) is 12.4. The van der Waals surface area contributed by atoms with Crippen molar-refractivity contribution in [3.8, 4) is 0 Å². The summed E-state index contributed by atoms with van der Waals surface area (Å²) in [6.07, 6.45) is 0.378. The fourth-order valence-corrected chi connectivity index (χ4v) is 1.78. The van der Waals surface area contributed by atoms with Crippen molar-refractivity contribution in [1.29, 1.82) is 0 Å². The average molecular weight is 290 g/mol. The monoisotopic (exact) mass is 289 g/mol. The van der Waals surface area contributed by atoms with Gasteiger partial charge in [-0.05, 0) is 53.9 Å². The first-order valence-electron chi connectivity index (χ1n) is 5.34. The van der Waals surface area contributed by atoms with Crippen molar-refractivity contribution < 1.29 is 9.50 Å². The van der Waals surface area contributed by atoms with E-state index in [4.69, 9.17) is 0 Å². The van der Waals surface area contributed by atoms with Gasteiger partial charge in [-0.3, -0.25) is 0 Å². The Hall–Kier alpha value is -0.450. The fraction of sp³-hybridized carbons (Fsp3) is 0.500. The third-order valence-electron chi connectivity index (χ3n) is 2.33. The molecule has 2 nitrogen and oxygen atoms in total. The van der Waals surface area contributed by atoms with Crippen molar-refractivity contribution >= 4 is 15.9 Å². The molecule has 0 aliphatic carbocycles. The summed E-state index contributed by atoms with van der Waals surface area (Å²) in [7, 11) is 0. The predicted octanol–water partition coefficient (Wildman–Crippen LogP) is 2.84. The molecule has 16 heavy (non-hydrogen) atoms. The summed E-state index contributed by atoms with van der Waals surface area (Å²) in [4.78, 5) is 0. The summed E-state index contributed by atoms with van der Waals surface area (Å²) in [6.45, 7) is 4.37. The standard InChI is InChI=1S/C12H17BrFNO/c1-8(5-9(2)16)15-7-10-3-4-11(13)12(14)6-10/h3-4,6,8-9,15-16H,5,7H2,1-2H3. The van der Waals surface area contributed by atoms with Crippen molar-refractivity contribution in [3.05, 3.63) is 34.1 Å². The van der Waals surface area contributed by atoms with Gasteiger partial charge in [0.1, 0.15) is 5.82 Å². The van der Waals surface area contributed by atoms with Gasteiger partial charge in [-0.2, -0.15) is 0 Å². The Labute approximate surface area is 104 Å². The predicted molar refractivity (Wildman–Crippen MR) is 66.7 cm³/mol. The number of aliphatic hydroxyl groups is 1. The molecule has 0 radical (unpaired) electrons. The number of halogens is 2. The van der Waals surface area contributed by atoms with E-state index < -0.39 is 0 Å². The summed E-state index contributed by atoms with van der Waals surface area (Å²) < 4.78 is 13.7. The Morgan fingerprint density at radius 3 is 2.69 bits per heavy atom. The fourth-order valence-electron chi connectivity index (χ4n) is 1.54. The largest absolute Gasteiger partial charge is 0.393 e. The number of aliphatic hydroxyl groups excluding tert-OH is 1. The normalized spacial score (nSPS) is 14.8. The molecule has 0 aliphatic rings. The van der Waals surface area contributed by atoms with E-state index in [1.807, 2.05) is 13.0 Å². The molecule has 2 N–H and O–H groups in total. The van der Waals surface area contributed by atoms with E-state index >= 15 is 0 Å². The van der Waals surface area contributed by atoms with Gasteiger partial charge in [-0.15, -0.1) is 0 Å². The SMILES string of the molecule is CC(O)CC(C)NCc1ccc(Br)c(F)c1. The lowest BCUT2D eigenvalue weighted by Crippen LogP contribution is -2.28. The Morgan fingerprint density at radius 1 is 1.44 bits per heavy atom. The minimum absolute atomic E-state index is 0.215. The third kappa shape index (κ3) is 4.60. The van der Waals surface area contributed by atoms with Gasteiger partial charge in [0.15, 0.2) is 0 Å². The van der Waals surface area contributed by atoms with Gasteiger partial charge in [0.05, 0.1) is 10.6 Å². The molecule has 0 saturated heterocycles. The third-order valence-corrected chi connectivity index (χ3v) is 2.98. The highest BCUT2D eigenvalue weighted by atomic mass is 79.9. The number of benzene rings is 1. The molecule has 0 heterocycles. The Morgan fingerprint density at radius 2 is 2.12 bits per heavy atom. The van der Waals surface area contributed by atoms with E-state index in [-0.39, 0.29) is 18.0 Å². The second-order valence-corrected chi connectivity index (χ2v) is 4.97. The highest BCUT2D eigenvalue weighted by Crippen LogP contribution is 2.16. The number of rotatable bonds is 5. The molecule has 0 aliphatic heterocycles. The summed E-state index contributed by atoms with van der Waals surface area (Å²) >= 11 is 3.11. The molecule has 1 rings (SSSR count). The molecule has 1 aromatic rings. The molecule has 2 unspecified atom stereocenters. The van der Waals surface area contributed by atoms with Crippen LogP contribution in [-0.4, -0.2) is 17.3 Å². The van der Waals surface area contributed by atoms with Crippen LogP contribution in [0.2, 0.25) is 0 Å². The van der Waals surface area contributed by atoms with Gasteiger partial charge in [0.2, 0.25) is 0 Å². The summed E-state index contributed by atoms with van der Waals surface area (Å²) in [5.74, 6) is -0.248. The van der Waals surface area contributed by atoms with Gasteiger partial charge in [-0.1, -0.05) is 6.07 Å². The van der Waals surface area contributed by atoms with Gasteiger partial charge >= 0.3 is 0 Å². The van der Waals surface area contributed by atoms with Crippen LogP contribution in [0.5, 0.6) is 0 Å². The van der Waals surface area contributed by atoms with Crippen molar-refractivity contribution in [2.24, 2.45) is 0 Å². The maximum atomic E-state index is 13.2. The van der Waals surface area contributed by atoms with Crippen molar-refractivity contribution in [3.63, 3.8) is 0 Å². The first-order chi connectivity index (χ1) is 7.49. The van der Waals surface area contributed by atoms with Crippen LogP contribution in [0.15, 0.2) is 22.7 Å². The minimum Gasteiger partial charge on any atom is -0.393 e. The summed E-state index contributed by atoms with van der Waals surface area (Å²) in [6, 6.07) is 5.29. The van der Waals surface area contributed by atoms with E-state index in [0.29, 0.717) is 17.4 Å². The highest BCUT2D eigenvalue weighted by Gasteiger charge is 2.06. The molecule has 0 saturated carbocycles. The van der Waals surface area contributed by atoms with E-state index in [1.54, 1.807) is 13.0 Å². The first kappa shape index (κ1) is 13.6. The lowest BCUT2D eigenvalue weighted by molar-refractivity contribution is 0.170. The molecule has 2 atom stereocenters. The van der Waals surface area contributed by atoms with Gasteiger partial charge in [0, 0.05) is 12.6 Å². The van der Waals surface area contributed by atoms with Crippen molar-refractivity contribution in [2.75, 3.05) is 0 Å². The molecule has 0 spiro atoms. The molecule has 0 amide bonds. The maximum Gasteiger partial charge on any atom is 0.137 e. The Bertz CT molecular complexity index is 344. The number of hydrogen-bond acceptors (Lipinski definition) is 2. The van der Waals surface area contributed by atoms with Crippen LogP contribution < -0.4 is 5.32 Å². The van der Waals surface area contributed by atoms with E-state index in [0.717, 1.165) is 5.56 Å². The number of hydrogen-bond donors (Lipinski definition) is 2. The van der Waals surface area contributed by atoms with Crippen LogP contribution in [0.4, 0.5) is 4.39 Å². The topological polar surface area (TPSA) is 32.3 Å². The van der Waals surface area contributed by atoms with E-state index in [2.05, 4.69) is 21.2 Å². The van der Waals surface area contributed by atoms with Crippen molar-refractivity contribution in [1.82, 2.24) is 5.32 Å². The lowest BCUT2D eigenvalue weighted by atomic mass is 10.1. The molecule has 90 valence electrons. The highest BCUT2D eigenvalue weighted by molar-refractivity contribution is 9.10. The minimum atomic E-state index is -0.316. The Balaban J connectivity index is 2.45. The molecule has 0 fully saturated rings. The quantitative estimate of drug-likeness (QED) is 0.874. The molecule has 4 heteroatoms. The first-order valence-corrected chi connectivity index (χ1v) is 6.13. The van der Waals surface area contributed by atoms with Crippen LogP contribution in [0, 0.1) is 5.82 Å². The lowest BCUT2D eigenvalue weighted by Gasteiger charge is -2.15. The van der Waals surface area contributed by atoms with Crippen LogP contribution in [0.1, 0.15) is 25.8 Å². The molecule has 0 aromatic heterocycles. The molecule has 0 bridgehead atoms. The molecular weight excluding hydrogens is 273 g/mol. The van der Waals surface area contributed by atoms with Crippen LogP contribution >= 0.6 is 15.9 Å². The van der Waals surface area contributed by atoms with Crippen LogP contribution in [0.25, 0.3) is 0 Å². The van der Waals surface area contributed by atoms with E-state index in [1.165, 1.54) is 6.07 Å². The zero-order valence-corrected chi connectivity index (χ0v) is 11.1. The zero-order chi connectivity index (χ0) is 12.1. The van der Waals surface area contributed by atoms with E-state index in [9.17, 15) is 9.50 Å². The Kier molecular flexibility index (Phi) is 5.38.